The minimum Gasteiger partial charge on any atom is -0.391 e. The van der Waals surface area contributed by atoms with Gasteiger partial charge in [0, 0.05) is 12.4 Å². The number of hydrogen-bond donors (Lipinski definition) is 1. The zero-order chi connectivity index (χ0) is 12.3. The van der Waals surface area contributed by atoms with Crippen LogP contribution in [0.15, 0.2) is 10.9 Å². The van der Waals surface area contributed by atoms with Crippen molar-refractivity contribution in [2.45, 2.75) is 26.5 Å². The molecule has 0 amide bonds. The highest BCUT2D eigenvalue weighted by Crippen LogP contribution is 2.27. The molecule has 0 saturated carbocycles. The standard InChI is InChI=1S/C11H15N3OS2/c1-3-9-10(5-15)17-11(13-9)14(2)4-8-6-16-7-12-8/h6-7,15H,3-5H2,1-2H3. The van der Waals surface area contributed by atoms with Crippen LogP contribution in [0, 0.1) is 0 Å². The van der Waals surface area contributed by atoms with Gasteiger partial charge in [-0.15, -0.1) is 11.3 Å². The van der Waals surface area contributed by atoms with E-state index in [2.05, 4.69) is 21.8 Å². The Hall–Kier alpha value is -0.980. The van der Waals surface area contributed by atoms with Gasteiger partial charge in [0.2, 0.25) is 0 Å². The molecule has 0 radical (unpaired) electrons. The van der Waals surface area contributed by atoms with Gasteiger partial charge in [-0.05, 0) is 6.42 Å². The molecule has 0 aliphatic heterocycles. The predicted octanol–water partition coefficient (Wildman–Crippen LogP) is 2.29. The molecule has 2 aromatic heterocycles. The first-order chi connectivity index (χ1) is 8.24. The second-order valence-electron chi connectivity index (χ2n) is 3.71. The molecule has 1 N–H and O–H groups in total. The van der Waals surface area contributed by atoms with Crippen molar-refractivity contribution in [3.63, 3.8) is 0 Å². The van der Waals surface area contributed by atoms with Crippen molar-refractivity contribution in [3.8, 4) is 0 Å². The molecule has 0 aromatic carbocycles. The van der Waals surface area contributed by atoms with Gasteiger partial charge in [0.1, 0.15) is 0 Å². The predicted molar refractivity (Wildman–Crippen MR) is 71.6 cm³/mol. The highest BCUT2D eigenvalue weighted by atomic mass is 32.1. The Kier molecular flexibility index (Phi) is 4.09. The summed E-state index contributed by atoms with van der Waals surface area (Å²) in [6.45, 7) is 2.88. The summed E-state index contributed by atoms with van der Waals surface area (Å²) in [5.74, 6) is 0. The van der Waals surface area contributed by atoms with Crippen LogP contribution in [0.1, 0.15) is 23.2 Å². The van der Waals surface area contributed by atoms with Gasteiger partial charge in [-0.2, -0.15) is 0 Å². The number of aromatic nitrogens is 2. The molecular weight excluding hydrogens is 254 g/mol. The maximum Gasteiger partial charge on any atom is 0.185 e. The third kappa shape index (κ3) is 2.83. The SMILES string of the molecule is CCc1nc(N(C)Cc2cscn2)sc1CO. The minimum atomic E-state index is 0.0748. The Balaban J connectivity index is 2.13. The van der Waals surface area contributed by atoms with Crippen LogP contribution in [0.3, 0.4) is 0 Å². The van der Waals surface area contributed by atoms with E-state index in [-0.39, 0.29) is 6.61 Å². The van der Waals surface area contributed by atoms with Crippen molar-refractivity contribution in [1.82, 2.24) is 9.97 Å². The molecule has 6 heteroatoms. The van der Waals surface area contributed by atoms with Crippen LogP contribution in [0.4, 0.5) is 5.13 Å². The molecule has 2 heterocycles. The fourth-order valence-corrected chi connectivity index (χ4v) is 3.08. The van der Waals surface area contributed by atoms with Crippen molar-refractivity contribution in [2.24, 2.45) is 0 Å². The normalized spacial score (nSPS) is 10.8. The molecule has 0 saturated heterocycles. The van der Waals surface area contributed by atoms with Crippen molar-refractivity contribution in [1.29, 1.82) is 0 Å². The van der Waals surface area contributed by atoms with E-state index in [9.17, 15) is 5.11 Å². The zero-order valence-electron chi connectivity index (χ0n) is 9.88. The van der Waals surface area contributed by atoms with E-state index in [1.54, 1.807) is 22.7 Å². The van der Waals surface area contributed by atoms with Gasteiger partial charge in [-0.25, -0.2) is 9.97 Å². The molecule has 92 valence electrons. The van der Waals surface area contributed by atoms with Crippen LogP contribution in [0.2, 0.25) is 0 Å². The van der Waals surface area contributed by atoms with Crippen LogP contribution in [-0.2, 0) is 19.6 Å². The number of aliphatic hydroxyl groups excluding tert-OH is 1. The molecular formula is C11H15N3OS2. The lowest BCUT2D eigenvalue weighted by Crippen LogP contribution is -2.16. The molecule has 0 aliphatic rings. The average Bonchev–Trinajstić information content (AvgIpc) is 2.96. The van der Waals surface area contributed by atoms with Crippen LogP contribution in [0.5, 0.6) is 0 Å². The largest absolute Gasteiger partial charge is 0.391 e. The second-order valence-corrected chi connectivity index (χ2v) is 5.49. The average molecular weight is 269 g/mol. The first-order valence-electron chi connectivity index (χ1n) is 5.42. The minimum absolute atomic E-state index is 0.0748. The van der Waals surface area contributed by atoms with Crippen molar-refractivity contribution in [3.05, 3.63) is 27.2 Å². The van der Waals surface area contributed by atoms with Crippen LogP contribution in [0.25, 0.3) is 0 Å². The second kappa shape index (κ2) is 5.57. The van der Waals surface area contributed by atoms with Crippen LogP contribution < -0.4 is 4.90 Å². The maximum absolute atomic E-state index is 9.24. The van der Waals surface area contributed by atoms with E-state index in [4.69, 9.17) is 0 Å². The summed E-state index contributed by atoms with van der Waals surface area (Å²) in [5.41, 5.74) is 3.88. The summed E-state index contributed by atoms with van der Waals surface area (Å²) >= 11 is 3.15. The summed E-state index contributed by atoms with van der Waals surface area (Å²) in [6, 6.07) is 0. The number of thiazole rings is 2. The lowest BCUT2D eigenvalue weighted by molar-refractivity contribution is 0.284. The Labute approximate surface area is 109 Å². The molecule has 0 fully saturated rings. The Bertz CT molecular complexity index is 446. The summed E-state index contributed by atoms with van der Waals surface area (Å²) in [4.78, 5) is 11.8. The number of rotatable bonds is 5. The Morgan fingerprint density at radius 1 is 1.47 bits per heavy atom. The van der Waals surface area contributed by atoms with Gasteiger partial charge in [-0.3, -0.25) is 0 Å². The highest BCUT2D eigenvalue weighted by molar-refractivity contribution is 7.15. The van der Waals surface area contributed by atoms with E-state index in [0.717, 1.165) is 34.4 Å². The van der Waals surface area contributed by atoms with Gasteiger partial charge < -0.3 is 10.0 Å². The summed E-state index contributed by atoms with van der Waals surface area (Å²) in [6.07, 6.45) is 0.858. The van der Waals surface area contributed by atoms with Gasteiger partial charge in [0.05, 0.1) is 34.9 Å². The van der Waals surface area contributed by atoms with Crippen LogP contribution >= 0.6 is 22.7 Å². The molecule has 0 spiro atoms. The van der Waals surface area contributed by atoms with Crippen LogP contribution in [-0.4, -0.2) is 22.1 Å². The molecule has 17 heavy (non-hydrogen) atoms. The molecule has 0 aliphatic carbocycles. The number of nitrogens with zero attached hydrogens (tertiary/aromatic N) is 3. The summed E-state index contributed by atoms with van der Waals surface area (Å²) in [5, 5.41) is 12.2. The van der Waals surface area contributed by atoms with E-state index in [1.807, 2.05) is 17.9 Å². The third-order valence-electron chi connectivity index (χ3n) is 2.45. The number of aryl methyl sites for hydroxylation is 1. The lowest BCUT2D eigenvalue weighted by Gasteiger charge is -2.13. The first kappa shape index (κ1) is 12.5. The van der Waals surface area contributed by atoms with Gasteiger partial charge in [0.25, 0.3) is 0 Å². The number of aliphatic hydroxyl groups is 1. The summed E-state index contributed by atoms with van der Waals surface area (Å²) in [7, 11) is 2.00. The topological polar surface area (TPSA) is 49.2 Å². The lowest BCUT2D eigenvalue weighted by atomic mass is 10.3. The van der Waals surface area contributed by atoms with Crippen molar-refractivity contribution in [2.75, 3.05) is 11.9 Å². The van der Waals surface area contributed by atoms with E-state index >= 15 is 0 Å². The molecule has 2 rings (SSSR count). The monoisotopic (exact) mass is 269 g/mol. The van der Waals surface area contributed by atoms with Crippen molar-refractivity contribution >= 4 is 27.8 Å². The fraction of sp³-hybridized carbons (Fsp3) is 0.455. The molecule has 2 aromatic rings. The maximum atomic E-state index is 9.24. The van der Waals surface area contributed by atoms with Gasteiger partial charge >= 0.3 is 0 Å². The Morgan fingerprint density at radius 3 is 2.82 bits per heavy atom. The quantitative estimate of drug-likeness (QED) is 0.905. The number of anilines is 1. The zero-order valence-corrected chi connectivity index (χ0v) is 11.5. The summed E-state index contributed by atoms with van der Waals surface area (Å²) < 4.78 is 0. The molecule has 0 atom stereocenters. The fourth-order valence-electron chi connectivity index (χ4n) is 1.56. The van der Waals surface area contributed by atoms with Gasteiger partial charge in [0.15, 0.2) is 5.13 Å². The van der Waals surface area contributed by atoms with Crippen molar-refractivity contribution < 1.29 is 5.11 Å². The third-order valence-corrected chi connectivity index (χ3v) is 4.29. The Morgan fingerprint density at radius 2 is 2.29 bits per heavy atom. The van der Waals surface area contributed by atoms with E-state index in [1.165, 1.54) is 0 Å². The smallest absolute Gasteiger partial charge is 0.185 e. The first-order valence-corrected chi connectivity index (χ1v) is 7.18. The molecule has 0 unspecified atom stereocenters. The molecule has 4 nitrogen and oxygen atoms in total. The number of hydrogen-bond acceptors (Lipinski definition) is 6. The van der Waals surface area contributed by atoms with E-state index in [0.29, 0.717) is 0 Å². The highest BCUT2D eigenvalue weighted by Gasteiger charge is 2.12. The molecule has 0 bridgehead atoms. The van der Waals surface area contributed by atoms with Gasteiger partial charge in [-0.1, -0.05) is 18.3 Å². The van der Waals surface area contributed by atoms with E-state index < -0.39 is 0 Å².